The standard InChI is InChI=1S/C21H24N4O3/c26-19-11-16(10-18(19)24-20(27)7-6-15-12-23-28-14-15)13-25-9-8-22-21(25)17-4-2-1-3-5-17/h1-5,8-9,12,14,16,18-19,26H,6-7,10-11,13H2,(H,24,27)/t16?,18-,19-/m1/s1. The molecule has 7 nitrogen and oxygen atoms in total. The van der Waals surface area contributed by atoms with E-state index < -0.39 is 6.10 Å². The number of nitrogens with one attached hydrogen (secondary N) is 1. The number of carbonyl (C=O) groups excluding carboxylic acids is 1. The molecule has 3 atom stereocenters. The van der Waals surface area contributed by atoms with Gasteiger partial charge in [-0.3, -0.25) is 4.79 Å². The molecule has 1 saturated carbocycles. The summed E-state index contributed by atoms with van der Waals surface area (Å²) in [5.74, 6) is 1.16. The fraction of sp³-hybridized carbons (Fsp3) is 0.381. The zero-order chi connectivity index (χ0) is 19.3. The maximum Gasteiger partial charge on any atom is 0.220 e. The summed E-state index contributed by atoms with van der Waals surface area (Å²) < 4.78 is 6.90. The molecule has 7 heteroatoms. The van der Waals surface area contributed by atoms with Crippen LogP contribution in [0.3, 0.4) is 0 Å². The van der Waals surface area contributed by atoms with Crippen LogP contribution in [0.5, 0.6) is 0 Å². The second-order valence-electron chi connectivity index (χ2n) is 7.38. The van der Waals surface area contributed by atoms with E-state index in [0.29, 0.717) is 19.3 Å². The zero-order valence-corrected chi connectivity index (χ0v) is 15.6. The van der Waals surface area contributed by atoms with E-state index in [1.807, 2.05) is 36.5 Å². The Morgan fingerprint density at radius 1 is 1.29 bits per heavy atom. The molecule has 2 N–H and O–H groups in total. The van der Waals surface area contributed by atoms with Crippen LogP contribution < -0.4 is 5.32 Å². The van der Waals surface area contributed by atoms with E-state index in [4.69, 9.17) is 4.52 Å². The first kappa shape index (κ1) is 18.4. The van der Waals surface area contributed by atoms with Gasteiger partial charge in [0.2, 0.25) is 5.91 Å². The van der Waals surface area contributed by atoms with Crippen molar-refractivity contribution in [3.05, 3.63) is 60.7 Å². The van der Waals surface area contributed by atoms with E-state index in [2.05, 4.69) is 20.0 Å². The smallest absolute Gasteiger partial charge is 0.220 e. The topological polar surface area (TPSA) is 93.2 Å². The first-order valence-corrected chi connectivity index (χ1v) is 9.61. The van der Waals surface area contributed by atoms with Crippen molar-refractivity contribution in [3.63, 3.8) is 0 Å². The first-order valence-electron chi connectivity index (χ1n) is 9.61. The summed E-state index contributed by atoms with van der Waals surface area (Å²) in [6, 6.07) is 9.86. The number of carbonyl (C=O) groups is 1. The largest absolute Gasteiger partial charge is 0.391 e. The summed E-state index contributed by atoms with van der Waals surface area (Å²) in [6.45, 7) is 0.772. The summed E-state index contributed by atoms with van der Waals surface area (Å²) in [7, 11) is 0. The van der Waals surface area contributed by atoms with E-state index in [9.17, 15) is 9.90 Å². The average molecular weight is 380 g/mol. The number of hydrogen-bond donors (Lipinski definition) is 2. The molecule has 1 aliphatic rings. The predicted molar refractivity (Wildman–Crippen MR) is 103 cm³/mol. The Kier molecular flexibility index (Phi) is 5.53. The third-order valence-electron chi connectivity index (χ3n) is 5.30. The van der Waals surface area contributed by atoms with E-state index in [-0.39, 0.29) is 17.9 Å². The summed E-state index contributed by atoms with van der Waals surface area (Å²) >= 11 is 0. The lowest BCUT2D eigenvalue weighted by Gasteiger charge is -2.16. The van der Waals surface area contributed by atoms with Gasteiger partial charge in [-0.15, -0.1) is 0 Å². The van der Waals surface area contributed by atoms with Crippen LogP contribution in [0, 0.1) is 5.92 Å². The molecule has 28 heavy (non-hydrogen) atoms. The highest BCUT2D eigenvalue weighted by Gasteiger charge is 2.34. The average Bonchev–Trinajstić information content (AvgIpc) is 3.44. The van der Waals surface area contributed by atoms with Gasteiger partial charge in [0.25, 0.3) is 0 Å². The highest BCUT2D eigenvalue weighted by atomic mass is 16.5. The Labute approximate surface area is 163 Å². The number of nitrogens with zero attached hydrogens (tertiary/aromatic N) is 3. The lowest BCUT2D eigenvalue weighted by molar-refractivity contribution is -0.122. The van der Waals surface area contributed by atoms with Crippen molar-refractivity contribution >= 4 is 5.91 Å². The Bertz CT molecular complexity index is 892. The number of aromatic nitrogens is 3. The maximum atomic E-state index is 12.2. The third-order valence-corrected chi connectivity index (χ3v) is 5.30. The van der Waals surface area contributed by atoms with Crippen LogP contribution >= 0.6 is 0 Å². The molecule has 2 heterocycles. The van der Waals surface area contributed by atoms with Crippen molar-refractivity contribution < 1.29 is 14.4 Å². The molecule has 0 saturated heterocycles. The van der Waals surface area contributed by atoms with Gasteiger partial charge in [0.1, 0.15) is 12.1 Å². The third kappa shape index (κ3) is 4.31. The van der Waals surface area contributed by atoms with Crippen LogP contribution in [0.25, 0.3) is 11.4 Å². The Morgan fingerprint density at radius 2 is 2.14 bits per heavy atom. The molecule has 1 aromatic carbocycles. The van der Waals surface area contributed by atoms with Crippen molar-refractivity contribution in [2.45, 2.75) is 44.4 Å². The van der Waals surface area contributed by atoms with Crippen LogP contribution in [-0.2, 0) is 17.8 Å². The van der Waals surface area contributed by atoms with Gasteiger partial charge in [0.05, 0.1) is 18.3 Å². The number of imidazole rings is 1. The number of amides is 1. The minimum Gasteiger partial charge on any atom is -0.391 e. The number of benzene rings is 1. The number of rotatable bonds is 7. The molecule has 3 aromatic rings. The summed E-state index contributed by atoms with van der Waals surface area (Å²) in [6.07, 6.45) is 8.78. The van der Waals surface area contributed by atoms with Crippen molar-refractivity contribution in [1.29, 1.82) is 0 Å². The molecule has 4 rings (SSSR count). The van der Waals surface area contributed by atoms with Gasteiger partial charge in [-0.05, 0) is 25.2 Å². The number of aryl methyl sites for hydroxylation is 1. The first-order chi connectivity index (χ1) is 13.7. The minimum atomic E-state index is -0.520. The van der Waals surface area contributed by atoms with E-state index in [1.165, 1.54) is 0 Å². The molecule has 1 aliphatic carbocycles. The van der Waals surface area contributed by atoms with E-state index in [1.54, 1.807) is 18.7 Å². The van der Waals surface area contributed by atoms with Crippen molar-refractivity contribution in [3.8, 4) is 11.4 Å². The highest BCUT2D eigenvalue weighted by Crippen LogP contribution is 2.29. The second-order valence-corrected chi connectivity index (χ2v) is 7.38. The van der Waals surface area contributed by atoms with Gasteiger partial charge in [-0.1, -0.05) is 35.5 Å². The summed E-state index contributed by atoms with van der Waals surface area (Å²) in [5, 5.41) is 17.0. The molecule has 0 bridgehead atoms. The van der Waals surface area contributed by atoms with Gasteiger partial charge in [0, 0.05) is 36.5 Å². The SMILES string of the molecule is O=C(CCc1cnoc1)N[C@@H]1CC(Cn2ccnc2-c2ccccc2)C[C@H]1O. The molecule has 0 radical (unpaired) electrons. The number of aliphatic hydroxyl groups excluding tert-OH is 1. The van der Waals surface area contributed by atoms with Crippen molar-refractivity contribution in [2.75, 3.05) is 0 Å². The van der Waals surface area contributed by atoms with Crippen LogP contribution in [0.15, 0.2) is 59.7 Å². The second kappa shape index (κ2) is 8.39. The van der Waals surface area contributed by atoms with Gasteiger partial charge in [-0.2, -0.15) is 0 Å². The Hall–Kier alpha value is -2.93. The molecular formula is C21H24N4O3. The molecule has 2 aromatic heterocycles. The maximum absolute atomic E-state index is 12.2. The van der Waals surface area contributed by atoms with Crippen molar-refractivity contribution in [1.82, 2.24) is 20.0 Å². The predicted octanol–water partition coefficient (Wildman–Crippen LogP) is 2.43. The van der Waals surface area contributed by atoms with E-state index in [0.717, 1.165) is 29.9 Å². The Morgan fingerprint density at radius 3 is 2.93 bits per heavy atom. The minimum absolute atomic E-state index is 0.0569. The quantitative estimate of drug-likeness (QED) is 0.657. The number of hydrogen-bond acceptors (Lipinski definition) is 5. The van der Waals surface area contributed by atoms with Crippen molar-refractivity contribution in [2.24, 2.45) is 5.92 Å². The summed E-state index contributed by atoms with van der Waals surface area (Å²) in [5.41, 5.74) is 1.97. The van der Waals surface area contributed by atoms with Crippen LogP contribution in [0.4, 0.5) is 0 Å². The number of aliphatic hydroxyl groups is 1. The zero-order valence-electron chi connectivity index (χ0n) is 15.6. The molecular weight excluding hydrogens is 356 g/mol. The highest BCUT2D eigenvalue weighted by molar-refractivity contribution is 5.76. The summed E-state index contributed by atoms with van der Waals surface area (Å²) in [4.78, 5) is 16.7. The molecule has 1 fully saturated rings. The van der Waals surface area contributed by atoms with Gasteiger partial charge in [-0.25, -0.2) is 4.98 Å². The molecule has 146 valence electrons. The lowest BCUT2D eigenvalue weighted by Crippen LogP contribution is -2.40. The van der Waals surface area contributed by atoms with Crippen LogP contribution in [0.2, 0.25) is 0 Å². The fourth-order valence-corrected chi connectivity index (χ4v) is 3.89. The normalized spacial score (nSPS) is 21.7. The van der Waals surface area contributed by atoms with Gasteiger partial charge >= 0.3 is 0 Å². The van der Waals surface area contributed by atoms with Crippen LogP contribution in [-0.4, -0.2) is 37.9 Å². The fourth-order valence-electron chi connectivity index (χ4n) is 3.89. The molecule has 1 unspecified atom stereocenters. The van der Waals surface area contributed by atoms with E-state index >= 15 is 0 Å². The van der Waals surface area contributed by atoms with Crippen LogP contribution in [0.1, 0.15) is 24.8 Å². The lowest BCUT2D eigenvalue weighted by atomic mass is 10.1. The van der Waals surface area contributed by atoms with Gasteiger partial charge < -0.3 is 19.5 Å². The monoisotopic (exact) mass is 380 g/mol. The molecule has 0 spiro atoms. The molecule has 1 amide bonds. The molecule has 0 aliphatic heterocycles. The van der Waals surface area contributed by atoms with Gasteiger partial charge in [0.15, 0.2) is 0 Å². The Balaban J connectivity index is 1.32.